The number of sulfonamides is 1. The summed E-state index contributed by atoms with van der Waals surface area (Å²) in [4.78, 5) is 10.9. The van der Waals surface area contributed by atoms with Crippen molar-refractivity contribution in [1.29, 1.82) is 0 Å². The van der Waals surface area contributed by atoms with E-state index in [9.17, 15) is 18.3 Å². The van der Waals surface area contributed by atoms with Gasteiger partial charge >= 0.3 is 5.97 Å². The topological polar surface area (TPSA) is 104 Å². The largest absolute Gasteiger partial charge is 0.478 e. The first kappa shape index (κ1) is 15.9. The lowest BCUT2D eigenvalue weighted by atomic mass is 9.93. The van der Waals surface area contributed by atoms with E-state index in [0.29, 0.717) is 18.4 Å². The van der Waals surface area contributed by atoms with Crippen LogP contribution in [0.1, 0.15) is 41.6 Å². The van der Waals surface area contributed by atoms with E-state index in [1.807, 2.05) is 0 Å². The molecule has 0 heterocycles. The highest BCUT2D eigenvalue weighted by Crippen LogP contribution is 2.19. The Morgan fingerprint density at radius 2 is 2.00 bits per heavy atom. The molecule has 0 aliphatic heterocycles. The third-order valence-corrected chi connectivity index (χ3v) is 4.97. The van der Waals surface area contributed by atoms with Crippen molar-refractivity contribution in [2.75, 3.05) is 0 Å². The van der Waals surface area contributed by atoms with E-state index in [1.54, 1.807) is 6.07 Å². The fourth-order valence-corrected chi connectivity index (χ4v) is 3.97. The highest BCUT2D eigenvalue weighted by Gasteiger charge is 2.27. The van der Waals surface area contributed by atoms with Crippen molar-refractivity contribution in [3.8, 4) is 0 Å². The number of rotatable bonds is 5. The molecule has 21 heavy (non-hydrogen) atoms. The van der Waals surface area contributed by atoms with Crippen LogP contribution in [-0.4, -0.2) is 36.7 Å². The Balaban J connectivity index is 2.06. The van der Waals surface area contributed by atoms with Crippen LogP contribution < -0.4 is 4.72 Å². The predicted octanol–water partition coefficient (Wildman–Crippen LogP) is 1.11. The standard InChI is InChI=1S/C14H19NO5S/c16-13-7-2-1-6-12(13)15-21(19,20)9-10-4-3-5-11(8-10)14(17)18/h3-5,8,12-13,15-16H,1-2,6-7,9H2,(H,17,18)/t12-,13-/m1/s1. The predicted molar refractivity (Wildman–Crippen MR) is 77.4 cm³/mol. The number of aliphatic hydroxyl groups excluding tert-OH is 1. The van der Waals surface area contributed by atoms with Crippen LogP contribution in [0.25, 0.3) is 0 Å². The van der Waals surface area contributed by atoms with Crippen LogP contribution in [0.5, 0.6) is 0 Å². The van der Waals surface area contributed by atoms with Gasteiger partial charge in [0.15, 0.2) is 0 Å². The summed E-state index contributed by atoms with van der Waals surface area (Å²) < 4.78 is 26.8. The second-order valence-corrected chi connectivity index (χ2v) is 7.09. The molecule has 7 heteroatoms. The number of nitrogens with one attached hydrogen (secondary N) is 1. The lowest BCUT2D eigenvalue weighted by Crippen LogP contribution is -2.45. The Kier molecular flexibility index (Phi) is 4.97. The monoisotopic (exact) mass is 313 g/mol. The van der Waals surface area contributed by atoms with Gasteiger partial charge in [0.2, 0.25) is 10.0 Å². The molecular formula is C14H19NO5S. The van der Waals surface area contributed by atoms with Crippen molar-refractivity contribution in [1.82, 2.24) is 4.72 Å². The Morgan fingerprint density at radius 3 is 2.67 bits per heavy atom. The lowest BCUT2D eigenvalue weighted by Gasteiger charge is -2.28. The quantitative estimate of drug-likeness (QED) is 0.755. The Morgan fingerprint density at radius 1 is 1.29 bits per heavy atom. The molecule has 2 atom stereocenters. The van der Waals surface area contributed by atoms with Crippen LogP contribution in [0.3, 0.4) is 0 Å². The first-order valence-electron chi connectivity index (χ1n) is 6.88. The molecule has 2 rings (SSSR count). The molecule has 1 saturated carbocycles. The molecular weight excluding hydrogens is 294 g/mol. The molecule has 0 radical (unpaired) electrons. The first-order valence-corrected chi connectivity index (χ1v) is 8.53. The molecule has 3 N–H and O–H groups in total. The number of aliphatic hydroxyl groups is 1. The van der Waals surface area contributed by atoms with Crippen molar-refractivity contribution in [3.63, 3.8) is 0 Å². The molecule has 1 aliphatic carbocycles. The minimum absolute atomic E-state index is 0.0559. The third-order valence-electron chi connectivity index (χ3n) is 3.59. The maximum absolute atomic E-state index is 12.1. The molecule has 0 bridgehead atoms. The third kappa shape index (κ3) is 4.52. The fraction of sp³-hybridized carbons (Fsp3) is 0.500. The van der Waals surface area contributed by atoms with E-state index < -0.39 is 28.1 Å². The van der Waals surface area contributed by atoms with E-state index in [-0.39, 0.29) is 11.3 Å². The van der Waals surface area contributed by atoms with Gasteiger partial charge in [-0.2, -0.15) is 0 Å². The smallest absolute Gasteiger partial charge is 0.335 e. The number of hydrogen-bond acceptors (Lipinski definition) is 4. The molecule has 6 nitrogen and oxygen atoms in total. The van der Waals surface area contributed by atoms with Gasteiger partial charge in [0.1, 0.15) is 0 Å². The number of aromatic carboxylic acids is 1. The van der Waals surface area contributed by atoms with Crippen molar-refractivity contribution in [3.05, 3.63) is 35.4 Å². The van der Waals surface area contributed by atoms with Gasteiger partial charge in [-0.25, -0.2) is 17.9 Å². The van der Waals surface area contributed by atoms with E-state index in [0.717, 1.165) is 12.8 Å². The lowest BCUT2D eigenvalue weighted by molar-refractivity contribution is 0.0696. The number of carboxylic acid groups (broad SMARTS) is 1. The van der Waals surface area contributed by atoms with Gasteiger partial charge in [0.25, 0.3) is 0 Å². The molecule has 1 fully saturated rings. The zero-order valence-electron chi connectivity index (χ0n) is 11.5. The van der Waals surface area contributed by atoms with E-state index in [1.165, 1.54) is 18.2 Å². The van der Waals surface area contributed by atoms with Gasteiger partial charge in [0.05, 0.1) is 17.4 Å². The average Bonchev–Trinajstić information content (AvgIpc) is 2.41. The van der Waals surface area contributed by atoms with E-state index >= 15 is 0 Å². The maximum atomic E-state index is 12.1. The number of carboxylic acids is 1. The molecule has 0 saturated heterocycles. The van der Waals surface area contributed by atoms with E-state index in [2.05, 4.69) is 4.72 Å². The van der Waals surface area contributed by atoms with Crippen LogP contribution >= 0.6 is 0 Å². The molecule has 0 spiro atoms. The normalized spacial score (nSPS) is 22.9. The minimum atomic E-state index is -3.61. The van der Waals surface area contributed by atoms with Gasteiger partial charge in [-0.15, -0.1) is 0 Å². The summed E-state index contributed by atoms with van der Waals surface area (Å²) in [6.07, 6.45) is 2.36. The van der Waals surface area contributed by atoms with Crippen molar-refractivity contribution < 1.29 is 23.4 Å². The van der Waals surface area contributed by atoms with Crippen LogP contribution in [0.2, 0.25) is 0 Å². The van der Waals surface area contributed by atoms with Crippen molar-refractivity contribution >= 4 is 16.0 Å². The molecule has 1 aromatic carbocycles. The summed E-state index contributed by atoms with van der Waals surface area (Å²) in [7, 11) is -3.61. The van der Waals surface area contributed by atoms with Gasteiger partial charge < -0.3 is 10.2 Å². The van der Waals surface area contributed by atoms with Crippen molar-refractivity contribution in [2.24, 2.45) is 0 Å². The number of hydrogen-bond donors (Lipinski definition) is 3. The summed E-state index contributed by atoms with van der Waals surface area (Å²) in [6, 6.07) is 5.40. The number of benzene rings is 1. The molecule has 116 valence electrons. The SMILES string of the molecule is O=C(O)c1cccc(CS(=O)(=O)N[C@@H]2CCCC[C@H]2O)c1. The number of carbonyl (C=O) groups is 1. The Labute approximate surface area is 123 Å². The van der Waals surface area contributed by atoms with Crippen molar-refractivity contribution in [2.45, 2.75) is 43.6 Å². The molecule has 1 aliphatic rings. The Hall–Kier alpha value is -1.44. The second-order valence-electron chi connectivity index (χ2n) is 5.34. The van der Waals surface area contributed by atoms with Crippen LogP contribution in [0.15, 0.2) is 24.3 Å². The summed E-state index contributed by atoms with van der Waals surface area (Å²) in [5.74, 6) is -1.39. The summed E-state index contributed by atoms with van der Waals surface area (Å²) in [6.45, 7) is 0. The highest BCUT2D eigenvalue weighted by atomic mass is 32.2. The average molecular weight is 313 g/mol. The summed E-state index contributed by atoms with van der Waals surface area (Å²) >= 11 is 0. The first-order chi connectivity index (χ1) is 9.87. The zero-order valence-corrected chi connectivity index (χ0v) is 12.3. The molecule has 0 amide bonds. The fourth-order valence-electron chi connectivity index (χ4n) is 2.53. The second kappa shape index (κ2) is 6.55. The highest BCUT2D eigenvalue weighted by molar-refractivity contribution is 7.88. The van der Waals surface area contributed by atoms with Crippen LogP contribution in [-0.2, 0) is 15.8 Å². The van der Waals surface area contributed by atoms with Crippen LogP contribution in [0, 0.1) is 0 Å². The van der Waals surface area contributed by atoms with E-state index in [4.69, 9.17) is 5.11 Å². The maximum Gasteiger partial charge on any atom is 0.335 e. The summed E-state index contributed by atoms with van der Waals surface area (Å²) in [5.41, 5.74) is 0.466. The van der Waals surface area contributed by atoms with Gasteiger partial charge in [-0.05, 0) is 30.5 Å². The molecule has 1 aromatic rings. The van der Waals surface area contributed by atoms with Gasteiger partial charge in [0, 0.05) is 6.04 Å². The summed E-state index contributed by atoms with van der Waals surface area (Å²) in [5, 5.41) is 18.7. The molecule has 0 aromatic heterocycles. The zero-order chi connectivity index (χ0) is 15.5. The van der Waals surface area contributed by atoms with Crippen LogP contribution in [0.4, 0.5) is 0 Å². The van der Waals surface area contributed by atoms with Gasteiger partial charge in [-0.1, -0.05) is 25.0 Å². The molecule has 0 unspecified atom stereocenters. The Bertz CT molecular complexity index is 614. The minimum Gasteiger partial charge on any atom is -0.478 e. The van der Waals surface area contributed by atoms with Gasteiger partial charge in [-0.3, -0.25) is 0 Å².